The molecule has 0 aliphatic carbocycles. The minimum Gasteiger partial charge on any atom is -0.282 e. The second kappa shape index (κ2) is 7.07. The predicted molar refractivity (Wildman–Crippen MR) is 91.1 cm³/mol. The number of aryl methyl sites for hydroxylation is 6. The third kappa shape index (κ3) is 5.28. The highest BCUT2D eigenvalue weighted by Crippen LogP contribution is 2.20. The molecule has 1 N–H and O–H groups in total. The van der Waals surface area contributed by atoms with Crippen LogP contribution in [0.3, 0.4) is 0 Å². The van der Waals surface area contributed by atoms with Crippen LogP contribution < -0.4 is 0 Å². The molecule has 0 spiro atoms. The summed E-state index contributed by atoms with van der Waals surface area (Å²) in [7, 11) is -4.08. The number of hydrogen-bond acceptors (Lipinski definition) is 2. The van der Waals surface area contributed by atoms with Crippen molar-refractivity contribution in [2.24, 2.45) is 0 Å². The fraction of sp³-hybridized carbons (Fsp3) is 0.333. The number of hydrogen-bond donors (Lipinski definition) is 1. The highest BCUT2D eigenvalue weighted by molar-refractivity contribution is 7.86. The van der Waals surface area contributed by atoms with Crippen LogP contribution in [0.25, 0.3) is 0 Å². The van der Waals surface area contributed by atoms with Gasteiger partial charge >= 0.3 is 0 Å². The molecule has 0 aliphatic rings. The summed E-state index contributed by atoms with van der Waals surface area (Å²) in [6.45, 7) is 11.6. The van der Waals surface area contributed by atoms with Gasteiger partial charge in [0.1, 0.15) is 0 Å². The first kappa shape index (κ1) is 18.4. The van der Waals surface area contributed by atoms with Crippen molar-refractivity contribution in [2.45, 2.75) is 46.4 Å². The first-order valence-electron chi connectivity index (χ1n) is 7.11. The topological polar surface area (TPSA) is 54.4 Å². The molecule has 0 bridgehead atoms. The van der Waals surface area contributed by atoms with E-state index < -0.39 is 10.1 Å². The van der Waals surface area contributed by atoms with E-state index in [0.29, 0.717) is 11.1 Å². The quantitative estimate of drug-likeness (QED) is 0.789. The van der Waals surface area contributed by atoms with Gasteiger partial charge in [-0.3, -0.25) is 4.55 Å². The second-order valence-corrected chi connectivity index (χ2v) is 7.23. The van der Waals surface area contributed by atoms with E-state index in [0.717, 1.165) is 5.56 Å². The Kier molecular flexibility index (Phi) is 5.92. The summed E-state index contributed by atoms with van der Waals surface area (Å²) in [5.74, 6) is 0. The molecule has 0 saturated heterocycles. The minimum atomic E-state index is -4.08. The fourth-order valence-corrected chi connectivity index (χ4v) is 3.71. The summed E-state index contributed by atoms with van der Waals surface area (Å²) in [6, 6.07) is 10.0. The minimum absolute atomic E-state index is 0.0260. The molecule has 0 amide bonds. The Labute approximate surface area is 133 Å². The van der Waals surface area contributed by atoms with E-state index in [4.69, 9.17) is 4.55 Å². The molecular weight excluding hydrogens is 296 g/mol. The van der Waals surface area contributed by atoms with Gasteiger partial charge < -0.3 is 0 Å². The van der Waals surface area contributed by atoms with E-state index in [1.54, 1.807) is 26.0 Å². The lowest BCUT2D eigenvalue weighted by molar-refractivity contribution is 0.482. The maximum Gasteiger partial charge on any atom is 0.295 e. The lowest BCUT2D eigenvalue weighted by atomic mass is 10.1. The smallest absolute Gasteiger partial charge is 0.282 e. The van der Waals surface area contributed by atoms with Crippen molar-refractivity contribution < 1.29 is 13.0 Å². The Hall–Kier alpha value is -1.65. The summed E-state index contributed by atoms with van der Waals surface area (Å²) in [4.78, 5) is 0.0260. The summed E-state index contributed by atoms with van der Waals surface area (Å²) in [6.07, 6.45) is 0. The Bertz CT molecular complexity index is 701. The van der Waals surface area contributed by atoms with Gasteiger partial charge in [-0.25, -0.2) is 0 Å². The molecule has 0 atom stereocenters. The van der Waals surface area contributed by atoms with Gasteiger partial charge in [-0.2, -0.15) is 8.42 Å². The Morgan fingerprint density at radius 3 is 1.18 bits per heavy atom. The van der Waals surface area contributed by atoms with Crippen LogP contribution in [0.2, 0.25) is 0 Å². The molecule has 0 radical (unpaired) electrons. The van der Waals surface area contributed by atoms with Crippen molar-refractivity contribution in [3.05, 3.63) is 63.7 Å². The van der Waals surface area contributed by atoms with Gasteiger partial charge in [-0.05, 0) is 52.7 Å². The molecule has 0 heterocycles. The molecule has 0 aromatic heterocycles. The second-order valence-electron chi connectivity index (χ2n) is 5.87. The lowest BCUT2D eigenvalue weighted by Crippen LogP contribution is -2.04. The van der Waals surface area contributed by atoms with Crippen molar-refractivity contribution in [1.82, 2.24) is 0 Å². The third-order valence-electron chi connectivity index (χ3n) is 3.23. The molecule has 0 fully saturated rings. The first-order valence-corrected chi connectivity index (χ1v) is 8.55. The standard InChI is InChI=1S/C9H12O3S.C9H12/c1-6-4-7(2)9(8(3)5-6)13(10,11)12;1-7-4-8(2)6-9(3)5-7/h4-5H,1-3H3,(H,10,11,12);4-6H,1-3H3. The van der Waals surface area contributed by atoms with Crippen molar-refractivity contribution >= 4 is 10.1 Å². The van der Waals surface area contributed by atoms with E-state index in [1.165, 1.54) is 16.7 Å². The van der Waals surface area contributed by atoms with Crippen LogP contribution in [0, 0.1) is 41.5 Å². The van der Waals surface area contributed by atoms with Crippen LogP contribution in [-0.4, -0.2) is 13.0 Å². The highest BCUT2D eigenvalue weighted by atomic mass is 32.2. The van der Waals surface area contributed by atoms with Crippen molar-refractivity contribution in [1.29, 1.82) is 0 Å². The van der Waals surface area contributed by atoms with Gasteiger partial charge in [-0.15, -0.1) is 0 Å². The van der Waals surface area contributed by atoms with Crippen LogP contribution in [-0.2, 0) is 10.1 Å². The van der Waals surface area contributed by atoms with Gasteiger partial charge in [0.25, 0.3) is 10.1 Å². The van der Waals surface area contributed by atoms with E-state index in [-0.39, 0.29) is 4.90 Å². The summed E-state index contributed by atoms with van der Waals surface area (Å²) in [5, 5.41) is 0. The average molecular weight is 320 g/mol. The molecule has 22 heavy (non-hydrogen) atoms. The Morgan fingerprint density at radius 2 is 0.909 bits per heavy atom. The number of rotatable bonds is 1. The van der Waals surface area contributed by atoms with Gasteiger partial charge in [0.2, 0.25) is 0 Å². The zero-order valence-electron chi connectivity index (χ0n) is 14.1. The normalized spacial score (nSPS) is 10.9. The Morgan fingerprint density at radius 1 is 0.636 bits per heavy atom. The Balaban J connectivity index is 0.000000235. The molecule has 0 saturated carbocycles. The van der Waals surface area contributed by atoms with E-state index in [9.17, 15) is 8.42 Å². The molecule has 2 aromatic rings. The molecule has 2 rings (SSSR count). The van der Waals surface area contributed by atoms with E-state index >= 15 is 0 Å². The molecule has 3 nitrogen and oxygen atoms in total. The first-order chi connectivity index (χ1) is 10.0. The maximum atomic E-state index is 10.9. The predicted octanol–water partition coefficient (Wildman–Crippen LogP) is 4.47. The zero-order chi connectivity index (χ0) is 17.1. The zero-order valence-corrected chi connectivity index (χ0v) is 14.9. The van der Waals surface area contributed by atoms with Gasteiger partial charge in [-0.1, -0.05) is 52.6 Å². The SMILES string of the molecule is Cc1cc(C)c(S(=O)(=O)O)c(C)c1.Cc1cc(C)cc(C)c1. The monoisotopic (exact) mass is 320 g/mol. The van der Waals surface area contributed by atoms with Gasteiger partial charge in [0, 0.05) is 0 Å². The summed E-state index contributed by atoms with van der Waals surface area (Å²) in [5.41, 5.74) is 6.22. The summed E-state index contributed by atoms with van der Waals surface area (Å²) < 4.78 is 30.8. The van der Waals surface area contributed by atoms with Crippen LogP contribution in [0.4, 0.5) is 0 Å². The third-order valence-corrected chi connectivity index (χ3v) is 4.39. The van der Waals surface area contributed by atoms with Gasteiger partial charge in [0.15, 0.2) is 0 Å². The molecule has 0 aliphatic heterocycles. The van der Waals surface area contributed by atoms with E-state index in [1.807, 2.05) is 6.92 Å². The van der Waals surface area contributed by atoms with Gasteiger partial charge in [0.05, 0.1) is 4.90 Å². The molecule has 4 heteroatoms. The molecule has 120 valence electrons. The van der Waals surface area contributed by atoms with Crippen molar-refractivity contribution in [2.75, 3.05) is 0 Å². The van der Waals surface area contributed by atoms with Crippen LogP contribution in [0.5, 0.6) is 0 Å². The van der Waals surface area contributed by atoms with Crippen molar-refractivity contribution in [3.63, 3.8) is 0 Å². The van der Waals surface area contributed by atoms with Crippen LogP contribution in [0.1, 0.15) is 33.4 Å². The van der Waals surface area contributed by atoms with E-state index in [2.05, 4.69) is 39.0 Å². The fourth-order valence-electron chi connectivity index (χ4n) is 2.78. The van der Waals surface area contributed by atoms with Crippen molar-refractivity contribution in [3.8, 4) is 0 Å². The average Bonchev–Trinajstić information content (AvgIpc) is 2.23. The number of benzene rings is 2. The molecule has 0 unspecified atom stereocenters. The maximum absolute atomic E-state index is 10.9. The summed E-state index contributed by atoms with van der Waals surface area (Å²) >= 11 is 0. The largest absolute Gasteiger partial charge is 0.295 e. The molecular formula is C18H24O3S. The molecule has 2 aromatic carbocycles. The van der Waals surface area contributed by atoms with Crippen LogP contribution in [0.15, 0.2) is 35.2 Å². The highest BCUT2D eigenvalue weighted by Gasteiger charge is 2.15. The van der Waals surface area contributed by atoms with Crippen LogP contribution >= 0.6 is 0 Å². The lowest BCUT2D eigenvalue weighted by Gasteiger charge is -2.07.